The van der Waals surface area contributed by atoms with Gasteiger partial charge in [-0.05, 0) is 25.5 Å². The molecule has 1 aromatic heterocycles. The molecular formula is C12H17NO4. The van der Waals surface area contributed by atoms with E-state index < -0.39 is 11.9 Å². The van der Waals surface area contributed by atoms with Gasteiger partial charge in [0.05, 0.1) is 6.26 Å². The average Bonchev–Trinajstić information content (AvgIpc) is 2.78. The second-order valence-corrected chi connectivity index (χ2v) is 3.99. The third-order valence-corrected chi connectivity index (χ3v) is 2.59. The van der Waals surface area contributed by atoms with Gasteiger partial charge in [-0.1, -0.05) is 6.92 Å². The molecule has 0 aliphatic carbocycles. The lowest BCUT2D eigenvalue weighted by atomic mass is 10.0. The van der Waals surface area contributed by atoms with Crippen molar-refractivity contribution >= 4 is 11.9 Å². The van der Waals surface area contributed by atoms with Crippen LogP contribution in [0, 0.1) is 0 Å². The van der Waals surface area contributed by atoms with E-state index in [1.165, 1.54) is 6.26 Å². The van der Waals surface area contributed by atoms with Gasteiger partial charge in [-0.15, -0.1) is 0 Å². The van der Waals surface area contributed by atoms with E-state index in [4.69, 9.17) is 9.52 Å². The highest BCUT2D eigenvalue weighted by Crippen LogP contribution is 2.20. The fourth-order valence-electron chi connectivity index (χ4n) is 1.42. The van der Waals surface area contributed by atoms with Crippen molar-refractivity contribution in [2.45, 2.75) is 38.6 Å². The van der Waals surface area contributed by atoms with Gasteiger partial charge in [0.15, 0.2) is 0 Å². The van der Waals surface area contributed by atoms with Gasteiger partial charge in [0.2, 0.25) is 5.91 Å². The van der Waals surface area contributed by atoms with Gasteiger partial charge < -0.3 is 14.8 Å². The summed E-state index contributed by atoms with van der Waals surface area (Å²) < 4.78 is 5.03. The maximum Gasteiger partial charge on any atom is 0.314 e. The van der Waals surface area contributed by atoms with Crippen molar-refractivity contribution in [1.82, 2.24) is 5.32 Å². The molecule has 0 saturated heterocycles. The monoisotopic (exact) mass is 239 g/mol. The van der Waals surface area contributed by atoms with Gasteiger partial charge in [0.25, 0.3) is 0 Å². The Labute approximate surface area is 99.8 Å². The lowest BCUT2D eigenvalue weighted by Crippen LogP contribution is -2.33. The highest BCUT2D eigenvalue weighted by atomic mass is 16.4. The van der Waals surface area contributed by atoms with Gasteiger partial charge in [-0.3, -0.25) is 9.59 Å². The fourth-order valence-corrected chi connectivity index (χ4v) is 1.42. The molecule has 0 fully saturated rings. The van der Waals surface area contributed by atoms with E-state index in [2.05, 4.69) is 5.32 Å². The Morgan fingerprint density at radius 2 is 2.24 bits per heavy atom. The van der Waals surface area contributed by atoms with Crippen LogP contribution in [-0.2, 0) is 9.59 Å². The molecule has 1 aromatic rings. The first kappa shape index (κ1) is 13.3. The molecule has 2 unspecified atom stereocenters. The van der Waals surface area contributed by atoms with Crippen molar-refractivity contribution in [2.75, 3.05) is 0 Å². The van der Waals surface area contributed by atoms with Gasteiger partial charge in [0.1, 0.15) is 11.7 Å². The third kappa shape index (κ3) is 3.94. The van der Waals surface area contributed by atoms with E-state index in [-0.39, 0.29) is 18.4 Å². The van der Waals surface area contributed by atoms with Gasteiger partial charge >= 0.3 is 5.97 Å². The smallest absolute Gasteiger partial charge is 0.314 e. The van der Waals surface area contributed by atoms with Crippen LogP contribution in [0.25, 0.3) is 0 Å². The molecule has 5 nitrogen and oxygen atoms in total. The Balaban J connectivity index is 2.62. The summed E-state index contributed by atoms with van der Waals surface area (Å²) in [5.74, 6) is -1.95. The number of carboxylic acid groups (broad SMARTS) is 1. The minimum absolute atomic E-state index is 0.0496. The number of carboxylic acids is 1. The molecule has 1 rings (SSSR count). The quantitative estimate of drug-likeness (QED) is 0.792. The van der Waals surface area contributed by atoms with Gasteiger partial charge in [-0.25, -0.2) is 0 Å². The first-order chi connectivity index (χ1) is 8.04. The molecule has 0 bridgehead atoms. The van der Waals surface area contributed by atoms with Crippen LogP contribution in [0.5, 0.6) is 0 Å². The summed E-state index contributed by atoms with van der Waals surface area (Å²) in [4.78, 5) is 22.7. The largest absolute Gasteiger partial charge is 0.481 e. The van der Waals surface area contributed by atoms with Crippen molar-refractivity contribution in [1.29, 1.82) is 0 Å². The Morgan fingerprint density at radius 3 is 2.71 bits per heavy atom. The predicted octanol–water partition coefficient (Wildman–Crippen LogP) is 1.75. The zero-order valence-corrected chi connectivity index (χ0v) is 9.97. The molecule has 0 spiro atoms. The number of rotatable bonds is 6. The molecule has 94 valence electrons. The summed E-state index contributed by atoms with van der Waals surface area (Å²) in [6.07, 6.45) is 2.11. The highest BCUT2D eigenvalue weighted by molar-refractivity contribution is 5.85. The molecule has 1 amide bonds. The molecule has 0 aliphatic rings. The van der Waals surface area contributed by atoms with Crippen LogP contribution in [-0.4, -0.2) is 23.0 Å². The molecule has 2 atom stereocenters. The molecule has 0 radical (unpaired) electrons. The molecule has 0 aliphatic heterocycles. The third-order valence-electron chi connectivity index (χ3n) is 2.59. The Bertz CT molecular complexity index is 372. The van der Waals surface area contributed by atoms with E-state index in [1.807, 2.05) is 13.8 Å². The first-order valence-electron chi connectivity index (χ1n) is 5.60. The maximum absolute atomic E-state index is 11.6. The fraction of sp³-hybridized carbons (Fsp3) is 0.500. The summed E-state index contributed by atoms with van der Waals surface area (Å²) in [7, 11) is 0. The lowest BCUT2D eigenvalue weighted by molar-refractivity contribution is -0.141. The second kappa shape index (κ2) is 6.08. The lowest BCUT2D eigenvalue weighted by Gasteiger charge is -2.13. The summed E-state index contributed by atoms with van der Waals surface area (Å²) in [6.45, 7) is 3.83. The molecule has 2 N–H and O–H groups in total. The van der Waals surface area contributed by atoms with Crippen LogP contribution < -0.4 is 5.32 Å². The minimum atomic E-state index is -1.06. The Kier molecular flexibility index (Phi) is 4.75. The number of carbonyl (C=O) groups excluding carboxylic acids is 1. The summed E-state index contributed by atoms with van der Waals surface area (Å²) in [6, 6.07) is 3.22. The minimum Gasteiger partial charge on any atom is -0.481 e. The van der Waals surface area contributed by atoms with Crippen molar-refractivity contribution in [3.05, 3.63) is 24.2 Å². The van der Waals surface area contributed by atoms with Crippen molar-refractivity contribution in [3.8, 4) is 0 Å². The van der Waals surface area contributed by atoms with E-state index in [9.17, 15) is 9.59 Å². The average molecular weight is 239 g/mol. The summed E-state index contributed by atoms with van der Waals surface area (Å²) in [5.41, 5.74) is 0. The number of aliphatic carboxylic acids is 1. The number of furan rings is 1. The predicted molar refractivity (Wildman–Crippen MR) is 61.6 cm³/mol. The van der Waals surface area contributed by atoms with Crippen LogP contribution >= 0.6 is 0 Å². The molecule has 0 saturated carbocycles. The van der Waals surface area contributed by atoms with Crippen LogP contribution in [0.15, 0.2) is 22.8 Å². The first-order valence-corrected chi connectivity index (χ1v) is 5.60. The van der Waals surface area contributed by atoms with Crippen molar-refractivity contribution < 1.29 is 19.1 Å². The summed E-state index contributed by atoms with van der Waals surface area (Å²) >= 11 is 0. The molecule has 5 heteroatoms. The molecule has 1 heterocycles. The van der Waals surface area contributed by atoms with Gasteiger partial charge in [-0.2, -0.15) is 0 Å². The van der Waals surface area contributed by atoms with Crippen LogP contribution in [0.1, 0.15) is 38.4 Å². The number of hydrogen-bond donors (Lipinski definition) is 2. The van der Waals surface area contributed by atoms with Gasteiger partial charge in [0, 0.05) is 12.5 Å². The number of nitrogens with one attached hydrogen (secondary N) is 1. The second-order valence-electron chi connectivity index (χ2n) is 3.99. The Hall–Kier alpha value is -1.78. The number of amides is 1. The molecular weight excluding hydrogens is 222 g/mol. The maximum atomic E-state index is 11.6. The molecule has 17 heavy (non-hydrogen) atoms. The van der Waals surface area contributed by atoms with E-state index in [0.717, 1.165) is 6.42 Å². The number of carbonyl (C=O) groups is 2. The molecule has 0 aromatic carbocycles. The normalized spacial score (nSPS) is 14.0. The highest BCUT2D eigenvalue weighted by Gasteiger charge is 2.26. The standard InChI is InChI=1S/C12H17NO4/c1-3-8(2)13-11(14)7-9(12(15)16)10-5-4-6-17-10/h4-6,8-9H,3,7H2,1-2H3,(H,13,14)(H,15,16). The number of hydrogen-bond acceptors (Lipinski definition) is 3. The van der Waals surface area contributed by atoms with E-state index in [0.29, 0.717) is 5.76 Å². The van der Waals surface area contributed by atoms with E-state index in [1.54, 1.807) is 12.1 Å². The van der Waals surface area contributed by atoms with Crippen LogP contribution in [0.3, 0.4) is 0 Å². The Morgan fingerprint density at radius 1 is 1.53 bits per heavy atom. The van der Waals surface area contributed by atoms with Crippen molar-refractivity contribution in [2.24, 2.45) is 0 Å². The van der Waals surface area contributed by atoms with Crippen LogP contribution in [0.4, 0.5) is 0 Å². The van der Waals surface area contributed by atoms with Crippen molar-refractivity contribution in [3.63, 3.8) is 0 Å². The topological polar surface area (TPSA) is 79.5 Å². The zero-order chi connectivity index (χ0) is 12.8. The van der Waals surface area contributed by atoms with E-state index >= 15 is 0 Å². The zero-order valence-electron chi connectivity index (χ0n) is 9.97. The summed E-state index contributed by atoms with van der Waals surface area (Å²) in [5, 5.41) is 11.8. The SMILES string of the molecule is CCC(C)NC(=O)CC(C(=O)O)c1ccco1. The van der Waals surface area contributed by atoms with Crippen LogP contribution in [0.2, 0.25) is 0 Å².